The molecule has 1 aliphatic carbocycles. The minimum atomic E-state index is -0.306. The molecule has 0 aliphatic heterocycles. The highest BCUT2D eigenvalue weighted by Gasteiger charge is 2.24. The van der Waals surface area contributed by atoms with Crippen molar-refractivity contribution in [2.24, 2.45) is 5.10 Å². The molecule has 2 heterocycles. The summed E-state index contributed by atoms with van der Waals surface area (Å²) in [7, 11) is 0. The number of benzene rings is 2. The molecule has 172 valence electrons. The van der Waals surface area contributed by atoms with Gasteiger partial charge >= 0.3 is 0 Å². The van der Waals surface area contributed by atoms with Crippen LogP contribution in [0.3, 0.4) is 0 Å². The summed E-state index contributed by atoms with van der Waals surface area (Å²) >= 11 is 0. The molecule has 0 atom stereocenters. The van der Waals surface area contributed by atoms with Gasteiger partial charge in [-0.25, -0.2) is 9.97 Å². The Labute approximate surface area is 196 Å². The summed E-state index contributed by atoms with van der Waals surface area (Å²) < 4.78 is 1.40. The summed E-state index contributed by atoms with van der Waals surface area (Å²) in [5.41, 5.74) is 10.7. The summed E-state index contributed by atoms with van der Waals surface area (Å²) in [6.07, 6.45) is 9.24. The molecule has 0 spiro atoms. The second kappa shape index (κ2) is 9.35. The number of anilines is 1. The van der Waals surface area contributed by atoms with Crippen molar-refractivity contribution in [3.8, 4) is 5.75 Å². The number of hydrogen-bond donors (Lipinski definition) is 3. The van der Waals surface area contributed by atoms with Crippen molar-refractivity contribution >= 4 is 40.1 Å². The number of rotatable bonds is 6. The number of phenolic OH excluding ortho intramolecular Hbond substituents is 1. The van der Waals surface area contributed by atoms with E-state index < -0.39 is 0 Å². The number of hydrogen-bond acceptors (Lipinski definition) is 6. The molecule has 0 bridgehead atoms. The van der Waals surface area contributed by atoms with E-state index in [9.17, 15) is 9.90 Å². The van der Waals surface area contributed by atoms with Crippen LogP contribution in [0.5, 0.6) is 5.75 Å². The summed E-state index contributed by atoms with van der Waals surface area (Å²) in [5, 5.41) is 17.5. The molecular formula is C26H26N6O2. The maximum Gasteiger partial charge on any atom is 0.257 e. The van der Waals surface area contributed by atoms with Gasteiger partial charge in [-0.1, -0.05) is 35.9 Å². The van der Waals surface area contributed by atoms with E-state index in [1.165, 1.54) is 29.3 Å². The number of phenols is 1. The van der Waals surface area contributed by atoms with Crippen LogP contribution in [0.1, 0.15) is 48.0 Å². The summed E-state index contributed by atoms with van der Waals surface area (Å²) in [6.45, 7) is 0.527. The number of nitrogens with two attached hydrogens (primary N) is 1. The third-order valence-electron chi connectivity index (χ3n) is 6.07. The fraction of sp³-hybridized carbons (Fsp3) is 0.231. The van der Waals surface area contributed by atoms with E-state index in [2.05, 4.69) is 21.5 Å². The SMILES string of the molecule is Nc1c(C(=O)NCCC2=CCCCC2)c2nc3ccccc3nc2n1N=Cc1ccccc1O. The monoisotopic (exact) mass is 454 g/mol. The zero-order chi connectivity index (χ0) is 23.5. The minimum Gasteiger partial charge on any atom is -0.507 e. The molecule has 0 saturated heterocycles. The molecule has 0 saturated carbocycles. The van der Waals surface area contributed by atoms with Gasteiger partial charge in [-0.15, -0.1) is 0 Å². The predicted octanol–water partition coefficient (Wildman–Crippen LogP) is 4.37. The Hall–Kier alpha value is -4.20. The number of nitrogen functional groups attached to an aromatic ring is 1. The number of aromatic hydroxyl groups is 1. The lowest BCUT2D eigenvalue weighted by Gasteiger charge is -2.12. The maximum absolute atomic E-state index is 13.2. The molecular weight excluding hydrogens is 428 g/mol. The molecule has 2 aromatic carbocycles. The summed E-state index contributed by atoms with van der Waals surface area (Å²) in [4.78, 5) is 22.6. The maximum atomic E-state index is 13.2. The van der Waals surface area contributed by atoms with E-state index in [1.54, 1.807) is 24.3 Å². The number of allylic oxidation sites excluding steroid dienone is 1. The van der Waals surface area contributed by atoms with Crippen molar-refractivity contribution in [2.45, 2.75) is 32.1 Å². The van der Waals surface area contributed by atoms with Crippen LogP contribution in [0.15, 0.2) is 65.3 Å². The third-order valence-corrected chi connectivity index (χ3v) is 6.07. The van der Waals surface area contributed by atoms with Gasteiger partial charge in [-0.05, 0) is 56.4 Å². The van der Waals surface area contributed by atoms with Gasteiger partial charge in [0.2, 0.25) is 0 Å². The number of amides is 1. The smallest absolute Gasteiger partial charge is 0.257 e. The number of aromatic nitrogens is 3. The Morgan fingerprint density at radius 1 is 1.12 bits per heavy atom. The first-order valence-electron chi connectivity index (χ1n) is 11.5. The summed E-state index contributed by atoms with van der Waals surface area (Å²) in [6, 6.07) is 14.3. The average Bonchev–Trinajstić information content (AvgIpc) is 3.12. The Balaban J connectivity index is 1.53. The fourth-order valence-corrected chi connectivity index (χ4v) is 4.26. The third kappa shape index (κ3) is 4.22. The topological polar surface area (TPSA) is 118 Å². The van der Waals surface area contributed by atoms with Crippen LogP contribution in [0.25, 0.3) is 22.2 Å². The van der Waals surface area contributed by atoms with Crippen LogP contribution < -0.4 is 11.1 Å². The minimum absolute atomic E-state index is 0.0906. The lowest BCUT2D eigenvalue weighted by molar-refractivity contribution is 0.0956. The highest BCUT2D eigenvalue weighted by molar-refractivity contribution is 6.10. The van der Waals surface area contributed by atoms with Gasteiger partial charge in [0.25, 0.3) is 5.91 Å². The Bertz CT molecular complexity index is 1440. The van der Waals surface area contributed by atoms with Crippen LogP contribution in [-0.4, -0.2) is 38.4 Å². The van der Waals surface area contributed by atoms with Crippen LogP contribution in [0, 0.1) is 0 Å². The molecule has 8 heteroatoms. The fourth-order valence-electron chi connectivity index (χ4n) is 4.26. The normalized spacial score (nSPS) is 14.1. The molecule has 4 N–H and O–H groups in total. The number of carbonyl (C=O) groups is 1. The number of para-hydroxylation sites is 3. The summed E-state index contributed by atoms with van der Waals surface area (Å²) in [5.74, 6) is -0.0702. The van der Waals surface area contributed by atoms with Crippen molar-refractivity contribution in [3.63, 3.8) is 0 Å². The van der Waals surface area contributed by atoms with Crippen molar-refractivity contribution in [1.29, 1.82) is 0 Å². The zero-order valence-corrected chi connectivity index (χ0v) is 18.7. The molecule has 0 fully saturated rings. The van der Waals surface area contributed by atoms with E-state index in [-0.39, 0.29) is 23.0 Å². The lowest BCUT2D eigenvalue weighted by Crippen LogP contribution is -2.25. The zero-order valence-electron chi connectivity index (χ0n) is 18.7. The Morgan fingerprint density at radius 3 is 2.65 bits per heavy atom. The first-order chi connectivity index (χ1) is 16.6. The molecule has 0 radical (unpaired) electrons. The van der Waals surface area contributed by atoms with Gasteiger partial charge in [0.05, 0.1) is 17.2 Å². The Morgan fingerprint density at radius 2 is 1.88 bits per heavy atom. The van der Waals surface area contributed by atoms with Gasteiger partial charge in [-0.3, -0.25) is 4.79 Å². The van der Waals surface area contributed by atoms with Crippen LogP contribution in [0.2, 0.25) is 0 Å². The van der Waals surface area contributed by atoms with E-state index in [0.29, 0.717) is 34.3 Å². The lowest BCUT2D eigenvalue weighted by atomic mass is 9.97. The van der Waals surface area contributed by atoms with Crippen molar-refractivity contribution in [1.82, 2.24) is 20.0 Å². The van der Waals surface area contributed by atoms with E-state index in [4.69, 9.17) is 10.7 Å². The molecule has 8 nitrogen and oxygen atoms in total. The standard InChI is InChI=1S/C26H26N6O2/c27-24-22(26(34)28-15-14-17-8-2-1-3-9-17)23-25(31-20-12-6-5-11-19(20)30-23)32(24)29-16-18-10-4-7-13-21(18)33/h4-8,10-13,16,33H,1-3,9,14-15,27H2,(H,28,34). The molecule has 1 aliphatic rings. The second-order valence-electron chi connectivity index (χ2n) is 8.37. The van der Waals surface area contributed by atoms with E-state index >= 15 is 0 Å². The van der Waals surface area contributed by atoms with E-state index in [1.807, 2.05) is 24.3 Å². The van der Waals surface area contributed by atoms with Gasteiger partial charge < -0.3 is 16.2 Å². The number of nitrogens with one attached hydrogen (secondary N) is 1. The van der Waals surface area contributed by atoms with Crippen molar-refractivity contribution in [3.05, 3.63) is 71.3 Å². The molecule has 0 unspecified atom stereocenters. The van der Waals surface area contributed by atoms with Gasteiger partial charge in [0.1, 0.15) is 22.6 Å². The average molecular weight is 455 g/mol. The molecule has 5 rings (SSSR count). The van der Waals surface area contributed by atoms with Crippen LogP contribution in [-0.2, 0) is 0 Å². The number of nitrogens with zero attached hydrogens (tertiary/aromatic N) is 4. The van der Waals surface area contributed by atoms with Crippen molar-refractivity contribution in [2.75, 3.05) is 12.3 Å². The highest BCUT2D eigenvalue weighted by Crippen LogP contribution is 2.28. The van der Waals surface area contributed by atoms with Crippen LogP contribution >= 0.6 is 0 Å². The largest absolute Gasteiger partial charge is 0.507 e. The quantitative estimate of drug-likeness (QED) is 0.295. The molecule has 4 aromatic rings. The Kier molecular flexibility index (Phi) is 5.95. The number of fused-ring (bicyclic) bond motifs is 2. The highest BCUT2D eigenvalue weighted by atomic mass is 16.3. The number of carbonyl (C=O) groups excluding carboxylic acids is 1. The molecule has 34 heavy (non-hydrogen) atoms. The molecule has 2 aromatic heterocycles. The predicted molar refractivity (Wildman–Crippen MR) is 134 cm³/mol. The first kappa shape index (κ1) is 21.6. The van der Waals surface area contributed by atoms with Gasteiger partial charge in [0.15, 0.2) is 5.65 Å². The molecule has 1 amide bonds. The first-order valence-corrected chi connectivity index (χ1v) is 11.5. The van der Waals surface area contributed by atoms with Gasteiger partial charge in [-0.2, -0.15) is 9.78 Å². The van der Waals surface area contributed by atoms with E-state index in [0.717, 1.165) is 19.3 Å². The van der Waals surface area contributed by atoms with Crippen LogP contribution in [0.4, 0.5) is 5.82 Å². The second-order valence-corrected chi connectivity index (χ2v) is 8.37. The van der Waals surface area contributed by atoms with Gasteiger partial charge in [0, 0.05) is 12.1 Å². The van der Waals surface area contributed by atoms with Crippen molar-refractivity contribution < 1.29 is 9.90 Å².